The average Bonchev–Trinajstić information content (AvgIpc) is 2.50. The minimum atomic E-state index is -0.154. The SMILES string of the molecule is CC(C)(C)N=C(NN)c1ccoc1. The lowest BCUT2D eigenvalue weighted by Crippen LogP contribution is -2.33. The predicted molar refractivity (Wildman–Crippen MR) is 52.3 cm³/mol. The number of nitrogens with zero attached hydrogens (tertiary/aromatic N) is 1. The molecule has 0 aromatic carbocycles. The fourth-order valence-electron chi connectivity index (χ4n) is 0.915. The molecule has 4 heteroatoms. The first-order valence-electron chi connectivity index (χ1n) is 4.12. The Morgan fingerprint density at radius 2 is 2.23 bits per heavy atom. The average molecular weight is 181 g/mol. The second-order valence-corrected chi connectivity index (χ2v) is 3.79. The number of amidine groups is 1. The Hall–Kier alpha value is -1.29. The van der Waals surface area contributed by atoms with E-state index in [2.05, 4.69) is 10.4 Å². The molecule has 13 heavy (non-hydrogen) atoms. The summed E-state index contributed by atoms with van der Waals surface area (Å²) in [5.41, 5.74) is 3.26. The topological polar surface area (TPSA) is 63.5 Å². The van der Waals surface area contributed by atoms with Gasteiger partial charge in [-0.1, -0.05) is 0 Å². The van der Waals surface area contributed by atoms with Gasteiger partial charge in [-0.05, 0) is 26.8 Å². The molecule has 0 fully saturated rings. The summed E-state index contributed by atoms with van der Waals surface area (Å²) in [5, 5.41) is 0. The number of rotatable bonds is 1. The molecule has 3 N–H and O–H groups in total. The molecule has 0 unspecified atom stereocenters. The maximum absolute atomic E-state index is 5.35. The quantitative estimate of drug-likeness (QED) is 0.297. The van der Waals surface area contributed by atoms with E-state index in [0.717, 1.165) is 5.56 Å². The fourth-order valence-corrected chi connectivity index (χ4v) is 0.915. The Bertz CT molecular complexity index is 282. The molecule has 72 valence electrons. The summed E-state index contributed by atoms with van der Waals surface area (Å²) >= 11 is 0. The molecule has 0 radical (unpaired) electrons. The Kier molecular flexibility index (Phi) is 2.72. The van der Waals surface area contributed by atoms with E-state index in [-0.39, 0.29) is 5.54 Å². The normalized spacial score (nSPS) is 13.1. The third kappa shape index (κ3) is 2.91. The highest BCUT2D eigenvalue weighted by Gasteiger charge is 2.11. The molecule has 0 aliphatic carbocycles. The van der Waals surface area contributed by atoms with Gasteiger partial charge in [0.1, 0.15) is 12.1 Å². The zero-order valence-electron chi connectivity index (χ0n) is 8.16. The molecule has 1 rings (SSSR count). The minimum Gasteiger partial charge on any atom is -0.472 e. The van der Waals surface area contributed by atoms with Crippen LogP contribution in [0.3, 0.4) is 0 Å². The molecular weight excluding hydrogens is 166 g/mol. The summed E-state index contributed by atoms with van der Waals surface area (Å²) in [6.07, 6.45) is 3.19. The fraction of sp³-hybridized carbons (Fsp3) is 0.444. The van der Waals surface area contributed by atoms with Crippen LogP contribution in [0.5, 0.6) is 0 Å². The Balaban J connectivity index is 2.93. The Morgan fingerprint density at radius 1 is 1.54 bits per heavy atom. The van der Waals surface area contributed by atoms with Crippen LogP contribution in [0.2, 0.25) is 0 Å². The molecule has 0 saturated carbocycles. The molecule has 1 aromatic rings. The van der Waals surface area contributed by atoms with Crippen LogP contribution >= 0.6 is 0 Å². The van der Waals surface area contributed by atoms with Gasteiger partial charge >= 0.3 is 0 Å². The van der Waals surface area contributed by atoms with Crippen molar-refractivity contribution in [3.8, 4) is 0 Å². The van der Waals surface area contributed by atoms with E-state index >= 15 is 0 Å². The monoisotopic (exact) mass is 181 g/mol. The van der Waals surface area contributed by atoms with Crippen LogP contribution in [-0.2, 0) is 0 Å². The maximum Gasteiger partial charge on any atom is 0.146 e. The van der Waals surface area contributed by atoms with Gasteiger partial charge in [-0.2, -0.15) is 0 Å². The van der Waals surface area contributed by atoms with Crippen LogP contribution in [0, 0.1) is 0 Å². The third-order valence-corrected chi connectivity index (χ3v) is 1.38. The minimum absolute atomic E-state index is 0.154. The summed E-state index contributed by atoms with van der Waals surface area (Å²) in [6, 6.07) is 1.81. The number of hydrogen-bond acceptors (Lipinski definition) is 3. The first-order valence-corrected chi connectivity index (χ1v) is 4.12. The lowest BCUT2D eigenvalue weighted by atomic mass is 10.1. The first kappa shape index (κ1) is 9.80. The van der Waals surface area contributed by atoms with Crippen molar-refractivity contribution in [1.82, 2.24) is 5.43 Å². The first-order chi connectivity index (χ1) is 6.03. The van der Waals surface area contributed by atoms with Crippen LogP contribution in [0.25, 0.3) is 0 Å². The summed E-state index contributed by atoms with van der Waals surface area (Å²) in [5.74, 6) is 5.99. The van der Waals surface area contributed by atoms with Crippen LogP contribution in [-0.4, -0.2) is 11.4 Å². The highest BCUT2D eigenvalue weighted by molar-refractivity contribution is 5.98. The lowest BCUT2D eigenvalue weighted by molar-refractivity contribution is 0.565. The summed E-state index contributed by atoms with van der Waals surface area (Å²) in [6.45, 7) is 6.01. The van der Waals surface area contributed by atoms with Crippen molar-refractivity contribution in [3.05, 3.63) is 24.2 Å². The summed E-state index contributed by atoms with van der Waals surface area (Å²) in [4.78, 5) is 4.39. The highest BCUT2D eigenvalue weighted by atomic mass is 16.3. The number of nitrogens with one attached hydrogen (secondary N) is 1. The van der Waals surface area contributed by atoms with E-state index in [1.807, 2.05) is 26.8 Å². The summed E-state index contributed by atoms with van der Waals surface area (Å²) in [7, 11) is 0. The number of furan rings is 1. The molecule has 1 heterocycles. The van der Waals surface area contributed by atoms with Gasteiger partial charge in [-0.15, -0.1) is 0 Å². The third-order valence-electron chi connectivity index (χ3n) is 1.38. The van der Waals surface area contributed by atoms with Crippen molar-refractivity contribution in [2.24, 2.45) is 10.8 Å². The molecule has 4 nitrogen and oxygen atoms in total. The van der Waals surface area contributed by atoms with E-state index in [0.29, 0.717) is 5.84 Å². The second kappa shape index (κ2) is 3.62. The molecule has 0 amide bonds. The lowest BCUT2D eigenvalue weighted by Gasteiger charge is -2.14. The van der Waals surface area contributed by atoms with E-state index in [4.69, 9.17) is 10.3 Å². The molecule has 0 atom stereocenters. The smallest absolute Gasteiger partial charge is 0.146 e. The number of nitrogens with two attached hydrogens (primary N) is 1. The molecule has 0 aliphatic rings. The summed E-state index contributed by atoms with van der Waals surface area (Å²) < 4.78 is 4.94. The second-order valence-electron chi connectivity index (χ2n) is 3.79. The number of hydrogen-bond donors (Lipinski definition) is 2. The van der Waals surface area contributed by atoms with Crippen molar-refractivity contribution in [3.63, 3.8) is 0 Å². The number of hydrazine groups is 1. The van der Waals surface area contributed by atoms with Crippen LogP contribution in [0.4, 0.5) is 0 Å². The van der Waals surface area contributed by atoms with Gasteiger partial charge in [0.15, 0.2) is 0 Å². The van der Waals surface area contributed by atoms with Crippen molar-refractivity contribution in [2.75, 3.05) is 0 Å². The zero-order chi connectivity index (χ0) is 9.90. The van der Waals surface area contributed by atoms with Gasteiger partial charge in [0.05, 0.1) is 17.4 Å². The largest absolute Gasteiger partial charge is 0.472 e. The van der Waals surface area contributed by atoms with Gasteiger partial charge in [-0.3, -0.25) is 4.99 Å². The maximum atomic E-state index is 5.35. The Labute approximate surface area is 77.8 Å². The molecular formula is C9H15N3O. The van der Waals surface area contributed by atoms with E-state index < -0.39 is 0 Å². The molecule has 1 aromatic heterocycles. The van der Waals surface area contributed by atoms with E-state index in [9.17, 15) is 0 Å². The van der Waals surface area contributed by atoms with Gasteiger partial charge < -0.3 is 9.84 Å². The van der Waals surface area contributed by atoms with Crippen LogP contribution in [0.1, 0.15) is 26.3 Å². The van der Waals surface area contributed by atoms with Crippen molar-refractivity contribution in [1.29, 1.82) is 0 Å². The predicted octanol–water partition coefficient (Wildman–Crippen LogP) is 1.29. The van der Waals surface area contributed by atoms with Crippen LogP contribution < -0.4 is 11.3 Å². The standard InChI is InChI=1S/C9H15N3O/c1-9(2,3)11-8(12-10)7-4-5-13-6-7/h4-6H,10H2,1-3H3,(H,11,12). The molecule has 0 aliphatic heterocycles. The van der Waals surface area contributed by atoms with Gasteiger partial charge in [0.25, 0.3) is 0 Å². The molecule has 0 spiro atoms. The van der Waals surface area contributed by atoms with Gasteiger partial charge in [-0.25, -0.2) is 5.84 Å². The number of aliphatic imine (C=N–C) groups is 1. The van der Waals surface area contributed by atoms with Gasteiger partial charge in [0.2, 0.25) is 0 Å². The van der Waals surface area contributed by atoms with Crippen LogP contribution in [0.15, 0.2) is 28.0 Å². The zero-order valence-corrected chi connectivity index (χ0v) is 8.16. The molecule has 0 saturated heterocycles. The van der Waals surface area contributed by atoms with E-state index in [1.54, 1.807) is 12.5 Å². The van der Waals surface area contributed by atoms with Gasteiger partial charge in [0, 0.05) is 0 Å². The van der Waals surface area contributed by atoms with Crippen molar-refractivity contribution < 1.29 is 4.42 Å². The Morgan fingerprint density at radius 3 is 2.62 bits per heavy atom. The molecule has 0 bridgehead atoms. The van der Waals surface area contributed by atoms with E-state index in [1.165, 1.54) is 0 Å². The highest BCUT2D eigenvalue weighted by Crippen LogP contribution is 2.09. The van der Waals surface area contributed by atoms with Crippen molar-refractivity contribution in [2.45, 2.75) is 26.3 Å². The van der Waals surface area contributed by atoms with Crippen molar-refractivity contribution >= 4 is 5.84 Å².